The molecule has 1 fully saturated rings. The Labute approximate surface area is 123 Å². The highest BCUT2D eigenvalue weighted by Gasteiger charge is 2.54. The van der Waals surface area contributed by atoms with Crippen molar-refractivity contribution in [3.8, 4) is 0 Å². The minimum atomic E-state index is -4.71. The smallest absolute Gasteiger partial charge is 0.375 e. The molecule has 0 saturated heterocycles. The molecule has 1 aliphatic rings. The van der Waals surface area contributed by atoms with Crippen molar-refractivity contribution in [1.29, 1.82) is 0 Å². The number of aliphatic hydroxyl groups is 1. The normalized spacial score (nSPS) is 26.3. The fourth-order valence-electron chi connectivity index (χ4n) is 2.84. The minimum absolute atomic E-state index is 0.0544. The molecule has 0 aromatic heterocycles. The van der Waals surface area contributed by atoms with Crippen molar-refractivity contribution in [3.63, 3.8) is 0 Å². The fraction of sp³-hybridized carbons (Fsp3) is 0.625. The number of hydrogen-bond donors (Lipinski definition) is 2. The van der Waals surface area contributed by atoms with Crippen molar-refractivity contribution in [2.24, 2.45) is 5.92 Å². The highest BCUT2D eigenvalue weighted by Crippen LogP contribution is 2.38. The summed E-state index contributed by atoms with van der Waals surface area (Å²) in [5, 5.41) is 13.1. The Bertz CT molecular complexity index is 441. The van der Waals surface area contributed by atoms with Crippen LogP contribution in [-0.2, 0) is 5.60 Å². The van der Waals surface area contributed by atoms with Gasteiger partial charge in [-0.3, -0.25) is 0 Å². The van der Waals surface area contributed by atoms with Crippen molar-refractivity contribution in [2.75, 3.05) is 6.54 Å². The molecule has 0 amide bonds. The summed E-state index contributed by atoms with van der Waals surface area (Å²) in [7, 11) is 0. The van der Waals surface area contributed by atoms with Gasteiger partial charge in [0.25, 0.3) is 0 Å². The molecule has 2 nitrogen and oxygen atoms in total. The monoisotopic (exact) mass is 301 g/mol. The van der Waals surface area contributed by atoms with Gasteiger partial charge in [0, 0.05) is 12.6 Å². The van der Waals surface area contributed by atoms with Gasteiger partial charge in [-0.1, -0.05) is 37.3 Å². The largest absolute Gasteiger partial charge is 0.422 e. The SMILES string of the molecule is C[C@H]1CC[C@H](NCC(O)(c2ccccc2)C(F)(F)F)CC1. The summed E-state index contributed by atoms with van der Waals surface area (Å²) < 4.78 is 39.9. The van der Waals surface area contributed by atoms with Crippen LogP contribution < -0.4 is 5.32 Å². The molecule has 0 bridgehead atoms. The molecule has 118 valence electrons. The van der Waals surface area contributed by atoms with E-state index in [1.54, 1.807) is 6.07 Å². The molecule has 0 aliphatic heterocycles. The van der Waals surface area contributed by atoms with Gasteiger partial charge >= 0.3 is 6.18 Å². The summed E-state index contributed by atoms with van der Waals surface area (Å²) in [6, 6.07) is 7.34. The minimum Gasteiger partial charge on any atom is -0.375 e. The van der Waals surface area contributed by atoms with E-state index in [1.807, 2.05) is 0 Å². The van der Waals surface area contributed by atoms with Gasteiger partial charge in [0.15, 0.2) is 5.60 Å². The van der Waals surface area contributed by atoms with Gasteiger partial charge in [0.1, 0.15) is 0 Å². The number of hydrogen-bond acceptors (Lipinski definition) is 2. The van der Waals surface area contributed by atoms with E-state index in [4.69, 9.17) is 0 Å². The predicted octanol–water partition coefficient (Wildman–Crippen LogP) is 3.60. The standard InChI is InChI=1S/C16H22F3NO/c1-12-7-9-14(10-8-12)20-11-15(21,16(17,18)19)13-5-3-2-4-6-13/h2-6,12,14,20-21H,7-11H2,1H3/t12-,14-,15?. The number of benzene rings is 1. The van der Waals surface area contributed by atoms with Crippen molar-refractivity contribution in [2.45, 2.75) is 50.4 Å². The summed E-state index contributed by atoms with van der Waals surface area (Å²) in [5.74, 6) is 0.638. The molecule has 1 aromatic carbocycles. The molecule has 1 saturated carbocycles. The molecule has 21 heavy (non-hydrogen) atoms. The average molecular weight is 301 g/mol. The Morgan fingerprint density at radius 1 is 1.10 bits per heavy atom. The van der Waals surface area contributed by atoms with Crippen LogP contribution in [0.25, 0.3) is 0 Å². The predicted molar refractivity (Wildman–Crippen MR) is 75.8 cm³/mol. The lowest BCUT2D eigenvalue weighted by molar-refractivity contribution is -0.264. The van der Waals surface area contributed by atoms with E-state index >= 15 is 0 Å². The second kappa shape index (κ2) is 6.36. The van der Waals surface area contributed by atoms with E-state index < -0.39 is 18.3 Å². The van der Waals surface area contributed by atoms with Gasteiger partial charge in [-0.2, -0.15) is 13.2 Å². The van der Waals surface area contributed by atoms with Gasteiger partial charge in [0.05, 0.1) is 0 Å². The second-order valence-corrected chi connectivity index (χ2v) is 6.06. The Balaban J connectivity index is 2.08. The third-order valence-corrected chi connectivity index (χ3v) is 4.38. The highest BCUT2D eigenvalue weighted by molar-refractivity contribution is 5.24. The molecule has 0 heterocycles. The first-order valence-electron chi connectivity index (χ1n) is 7.41. The van der Waals surface area contributed by atoms with E-state index in [0.717, 1.165) is 25.7 Å². The lowest BCUT2D eigenvalue weighted by atomic mass is 9.86. The van der Waals surface area contributed by atoms with Crippen LogP contribution >= 0.6 is 0 Å². The van der Waals surface area contributed by atoms with Crippen LogP contribution in [0.15, 0.2) is 30.3 Å². The van der Waals surface area contributed by atoms with Gasteiger partial charge < -0.3 is 10.4 Å². The average Bonchev–Trinajstić information content (AvgIpc) is 2.46. The summed E-state index contributed by atoms with van der Waals surface area (Å²) >= 11 is 0. The maximum absolute atomic E-state index is 13.3. The van der Waals surface area contributed by atoms with Gasteiger partial charge in [-0.25, -0.2) is 0 Å². The van der Waals surface area contributed by atoms with Crippen LogP contribution in [0.4, 0.5) is 13.2 Å². The molecule has 1 aliphatic carbocycles. The molecule has 2 N–H and O–H groups in total. The Morgan fingerprint density at radius 3 is 2.19 bits per heavy atom. The van der Waals surface area contributed by atoms with Crippen molar-refractivity contribution in [1.82, 2.24) is 5.32 Å². The summed E-state index contributed by atoms with van der Waals surface area (Å²) in [4.78, 5) is 0. The van der Waals surface area contributed by atoms with Crippen LogP contribution in [0.2, 0.25) is 0 Å². The first kappa shape index (κ1) is 16.3. The molecule has 1 atom stereocenters. The molecule has 1 aromatic rings. The first-order chi connectivity index (χ1) is 9.83. The van der Waals surface area contributed by atoms with Crippen LogP contribution in [0.1, 0.15) is 38.2 Å². The fourth-order valence-corrected chi connectivity index (χ4v) is 2.84. The van der Waals surface area contributed by atoms with E-state index in [2.05, 4.69) is 12.2 Å². The molecule has 1 unspecified atom stereocenters. The number of nitrogens with one attached hydrogen (secondary N) is 1. The van der Waals surface area contributed by atoms with Crippen molar-refractivity contribution < 1.29 is 18.3 Å². The molecular weight excluding hydrogens is 279 g/mol. The maximum Gasteiger partial charge on any atom is 0.422 e. The third-order valence-electron chi connectivity index (χ3n) is 4.38. The van der Waals surface area contributed by atoms with Gasteiger partial charge in [-0.15, -0.1) is 0 Å². The molecule has 0 radical (unpaired) electrons. The number of halogens is 3. The van der Waals surface area contributed by atoms with Gasteiger partial charge in [0.2, 0.25) is 0 Å². The van der Waals surface area contributed by atoms with Gasteiger partial charge in [-0.05, 0) is 37.2 Å². The highest BCUT2D eigenvalue weighted by atomic mass is 19.4. The van der Waals surface area contributed by atoms with Crippen molar-refractivity contribution >= 4 is 0 Å². The second-order valence-electron chi connectivity index (χ2n) is 6.06. The molecule has 0 spiro atoms. The quantitative estimate of drug-likeness (QED) is 0.890. The topological polar surface area (TPSA) is 32.3 Å². The number of rotatable bonds is 4. The zero-order valence-corrected chi connectivity index (χ0v) is 12.2. The summed E-state index contributed by atoms with van der Waals surface area (Å²) in [5.41, 5.74) is -2.95. The van der Waals surface area contributed by atoms with E-state index in [1.165, 1.54) is 24.3 Å². The zero-order chi connectivity index (χ0) is 15.5. The van der Waals surface area contributed by atoms with Crippen LogP contribution in [0.5, 0.6) is 0 Å². The van der Waals surface area contributed by atoms with Crippen LogP contribution in [0.3, 0.4) is 0 Å². The lowest BCUT2D eigenvalue weighted by Gasteiger charge is -2.34. The van der Waals surface area contributed by atoms with Crippen molar-refractivity contribution in [3.05, 3.63) is 35.9 Å². The number of alkyl halides is 3. The van der Waals surface area contributed by atoms with Crippen LogP contribution in [-0.4, -0.2) is 23.9 Å². The lowest BCUT2D eigenvalue weighted by Crippen LogP contribution is -2.52. The molecule has 5 heteroatoms. The van der Waals surface area contributed by atoms with E-state index in [-0.39, 0.29) is 11.6 Å². The zero-order valence-electron chi connectivity index (χ0n) is 12.2. The summed E-state index contributed by atoms with van der Waals surface area (Å²) in [6.45, 7) is 1.66. The molecule has 2 rings (SSSR count). The van der Waals surface area contributed by atoms with Crippen LogP contribution in [0, 0.1) is 5.92 Å². The maximum atomic E-state index is 13.3. The first-order valence-corrected chi connectivity index (χ1v) is 7.41. The van der Waals surface area contributed by atoms with E-state index in [0.29, 0.717) is 5.92 Å². The Kier molecular flexibility index (Phi) is 4.94. The third kappa shape index (κ3) is 3.77. The van der Waals surface area contributed by atoms with E-state index in [9.17, 15) is 18.3 Å². The molecular formula is C16H22F3NO. The Hall–Kier alpha value is -1.07. The Morgan fingerprint density at radius 2 is 1.67 bits per heavy atom. The summed E-state index contributed by atoms with van der Waals surface area (Å²) in [6.07, 6.45) is -0.933.